The van der Waals surface area contributed by atoms with Crippen molar-refractivity contribution in [3.63, 3.8) is 0 Å². The molecule has 0 bridgehead atoms. The molecule has 156 valence electrons. The van der Waals surface area contributed by atoms with Crippen molar-refractivity contribution < 1.29 is 18.3 Å². The van der Waals surface area contributed by atoms with Gasteiger partial charge < -0.3 is 9.84 Å². The van der Waals surface area contributed by atoms with E-state index in [0.29, 0.717) is 11.4 Å². The molecule has 4 rings (SSSR count). The molecule has 8 nitrogen and oxygen atoms in total. The number of hydrogen-bond acceptors (Lipinski definition) is 5. The molecule has 30 heavy (non-hydrogen) atoms. The number of nitrogens with one attached hydrogen (secondary N) is 1. The molecule has 3 aromatic rings. The molecule has 1 aliphatic rings. The molecule has 1 aromatic heterocycles. The van der Waals surface area contributed by atoms with E-state index in [4.69, 9.17) is 4.74 Å². The number of anilines is 1. The van der Waals surface area contributed by atoms with Crippen molar-refractivity contribution in [1.82, 2.24) is 14.5 Å². The van der Waals surface area contributed by atoms with Crippen LogP contribution < -0.4 is 13.8 Å². The van der Waals surface area contributed by atoms with Crippen molar-refractivity contribution in [2.24, 2.45) is 0 Å². The highest BCUT2D eigenvalue weighted by Gasteiger charge is 2.31. The first-order chi connectivity index (χ1) is 14.5. The Morgan fingerprint density at radius 1 is 1.13 bits per heavy atom. The van der Waals surface area contributed by atoms with Gasteiger partial charge in [-0.15, -0.1) is 0 Å². The van der Waals surface area contributed by atoms with Crippen LogP contribution in [-0.2, 0) is 23.4 Å². The van der Waals surface area contributed by atoms with Crippen LogP contribution in [0.1, 0.15) is 18.9 Å². The topological polar surface area (TPSA) is 96.7 Å². The van der Waals surface area contributed by atoms with Crippen molar-refractivity contribution in [2.45, 2.75) is 26.5 Å². The number of ether oxygens (including phenoxy) is 1. The average Bonchev–Trinajstić information content (AvgIpc) is 3.30. The Balaban J connectivity index is 1.71. The molecule has 0 spiro atoms. The van der Waals surface area contributed by atoms with Crippen LogP contribution in [0.15, 0.2) is 73.0 Å². The highest BCUT2D eigenvalue weighted by atomic mass is 32.2. The van der Waals surface area contributed by atoms with Gasteiger partial charge in [-0.2, -0.15) is 13.5 Å². The van der Waals surface area contributed by atoms with Crippen molar-refractivity contribution in [1.29, 1.82) is 0 Å². The highest BCUT2D eigenvalue weighted by molar-refractivity contribution is 7.91. The molecule has 0 unspecified atom stereocenters. The fourth-order valence-corrected chi connectivity index (χ4v) is 4.24. The lowest BCUT2D eigenvalue weighted by atomic mass is 10.1. The summed E-state index contributed by atoms with van der Waals surface area (Å²) in [5.74, 6) is -0.0788. The normalized spacial score (nSPS) is 15.0. The highest BCUT2D eigenvalue weighted by Crippen LogP contribution is 2.36. The van der Waals surface area contributed by atoms with Gasteiger partial charge >= 0.3 is 10.2 Å². The van der Waals surface area contributed by atoms with Crippen molar-refractivity contribution in [3.05, 3.63) is 78.6 Å². The number of benzene rings is 2. The molecule has 0 saturated heterocycles. The first kappa shape index (κ1) is 19.8. The standard InChI is InChI=1S/C21H22N4O4S/c1-2-10-24-13-18(12-22-24)17-8-9-19(25-14-21(26)23-30(25,27)28)20(11-17)29-15-16-6-4-3-5-7-16/h3-9,11-14,23,26H,2,10,15H2,1H3. The Hall–Kier alpha value is -3.46. The molecule has 0 amide bonds. The molecule has 0 saturated carbocycles. The zero-order valence-electron chi connectivity index (χ0n) is 16.4. The molecule has 0 fully saturated rings. The van der Waals surface area contributed by atoms with Gasteiger partial charge in [-0.1, -0.05) is 43.3 Å². The van der Waals surface area contributed by atoms with Gasteiger partial charge in [0.15, 0.2) is 0 Å². The molecule has 9 heteroatoms. The maximum absolute atomic E-state index is 12.4. The van der Waals surface area contributed by atoms with Crippen molar-refractivity contribution in [2.75, 3.05) is 4.31 Å². The van der Waals surface area contributed by atoms with E-state index in [1.807, 2.05) is 41.2 Å². The van der Waals surface area contributed by atoms with E-state index < -0.39 is 16.1 Å². The van der Waals surface area contributed by atoms with E-state index in [-0.39, 0.29) is 6.61 Å². The summed E-state index contributed by atoms with van der Waals surface area (Å²) in [4.78, 5) is 0. The first-order valence-electron chi connectivity index (χ1n) is 9.53. The predicted octanol–water partition coefficient (Wildman–Crippen LogP) is 3.55. The van der Waals surface area contributed by atoms with Gasteiger partial charge in [-0.05, 0) is 29.7 Å². The lowest BCUT2D eigenvalue weighted by molar-refractivity contribution is 0.307. The molecule has 0 aliphatic carbocycles. The Morgan fingerprint density at radius 2 is 1.93 bits per heavy atom. The molecule has 1 aliphatic heterocycles. The van der Waals surface area contributed by atoms with Gasteiger partial charge in [-0.3, -0.25) is 4.68 Å². The summed E-state index contributed by atoms with van der Waals surface area (Å²) in [7, 11) is -3.93. The van der Waals surface area contributed by atoms with Gasteiger partial charge in [0.25, 0.3) is 0 Å². The SMILES string of the molecule is CCCn1cc(-c2ccc(N3C=C(O)NS3(=O)=O)c(OCc3ccccc3)c2)cn1. The second-order valence-corrected chi connectivity index (χ2v) is 8.41. The average molecular weight is 426 g/mol. The first-order valence-corrected chi connectivity index (χ1v) is 11.0. The maximum Gasteiger partial charge on any atom is 0.330 e. The number of rotatable bonds is 7. The van der Waals surface area contributed by atoms with Gasteiger partial charge in [0.05, 0.1) is 12.4 Å². The van der Waals surface area contributed by atoms with E-state index in [2.05, 4.69) is 16.7 Å². The molecule has 2 N–H and O–H groups in total. The van der Waals surface area contributed by atoms with Gasteiger partial charge in [0.2, 0.25) is 5.88 Å². The lowest BCUT2D eigenvalue weighted by Gasteiger charge is -2.19. The predicted molar refractivity (Wildman–Crippen MR) is 114 cm³/mol. The number of hydrogen-bond donors (Lipinski definition) is 2. The Kier molecular flexibility index (Phi) is 5.37. The summed E-state index contributed by atoms with van der Waals surface area (Å²) < 4.78 is 35.6. The monoisotopic (exact) mass is 426 g/mol. The summed E-state index contributed by atoms with van der Waals surface area (Å²) in [6.07, 6.45) is 5.80. The summed E-state index contributed by atoms with van der Waals surface area (Å²) >= 11 is 0. The van der Waals surface area contributed by atoms with E-state index >= 15 is 0 Å². The zero-order chi connectivity index (χ0) is 21.1. The third-order valence-corrected chi connectivity index (χ3v) is 5.87. The molecular formula is C21H22N4O4S. The second-order valence-electron chi connectivity index (χ2n) is 6.87. The van der Waals surface area contributed by atoms with Crippen molar-refractivity contribution >= 4 is 15.9 Å². The fourth-order valence-electron chi connectivity index (χ4n) is 3.18. The quantitative estimate of drug-likeness (QED) is 0.602. The molecule has 2 heterocycles. The van der Waals surface area contributed by atoms with Crippen LogP contribution in [0.3, 0.4) is 0 Å². The third-order valence-electron chi connectivity index (χ3n) is 4.59. The second kappa shape index (κ2) is 8.11. The Bertz CT molecular complexity index is 1170. The Morgan fingerprint density at radius 3 is 2.63 bits per heavy atom. The summed E-state index contributed by atoms with van der Waals surface area (Å²) in [5.41, 5.74) is 3.00. The summed E-state index contributed by atoms with van der Waals surface area (Å²) in [6, 6.07) is 14.8. The van der Waals surface area contributed by atoms with E-state index in [1.165, 1.54) is 0 Å². The maximum atomic E-state index is 12.4. The largest absolute Gasteiger partial charge is 0.493 e. The number of aliphatic hydroxyl groups is 1. The molecule has 0 radical (unpaired) electrons. The fraction of sp³-hybridized carbons (Fsp3) is 0.190. The number of aryl methyl sites for hydroxylation is 1. The van der Waals surface area contributed by atoms with Crippen molar-refractivity contribution in [3.8, 4) is 16.9 Å². The number of nitrogens with zero attached hydrogens (tertiary/aromatic N) is 3. The van der Waals surface area contributed by atoms with Gasteiger partial charge in [0, 0.05) is 18.3 Å². The van der Waals surface area contributed by atoms with E-state index in [1.54, 1.807) is 24.4 Å². The smallest absolute Gasteiger partial charge is 0.330 e. The van der Waals surface area contributed by atoms with Crippen LogP contribution in [0.5, 0.6) is 5.75 Å². The third kappa shape index (κ3) is 4.11. The summed E-state index contributed by atoms with van der Waals surface area (Å²) in [6.45, 7) is 3.17. The summed E-state index contributed by atoms with van der Waals surface area (Å²) in [5, 5.41) is 14.0. The minimum Gasteiger partial charge on any atom is -0.493 e. The Labute approximate surface area is 175 Å². The van der Waals surface area contributed by atoms with Gasteiger partial charge in [-0.25, -0.2) is 9.03 Å². The molecular weight excluding hydrogens is 404 g/mol. The van der Waals surface area contributed by atoms with Crippen LogP contribution in [0.2, 0.25) is 0 Å². The van der Waals surface area contributed by atoms with Crippen LogP contribution in [0.4, 0.5) is 5.69 Å². The van der Waals surface area contributed by atoms with E-state index in [9.17, 15) is 13.5 Å². The molecule has 0 atom stereocenters. The number of aromatic nitrogens is 2. The van der Waals surface area contributed by atoms with Crippen LogP contribution in [0.25, 0.3) is 11.1 Å². The number of aliphatic hydroxyl groups excluding tert-OH is 1. The van der Waals surface area contributed by atoms with Crippen LogP contribution >= 0.6 is 0 Å². The minimum atomic E-state index is -3.93. The van der Waals surface area contributed by atoms with Crippen LogP contribution in [0, 0.1) is 0 Å². The lowest BCUT2D eigenvalue weighted by Crippen LogP contribution is -2.29. The minimum absolute atomic E-state index is 0.267. The van der Waals surface area contributed by atoms with Gasteiger partial charge in [0.1, 0.15) is 18.0 Å². The molecule has 2 aromatic carbocycles. The zero-order valence-corrected chi connectivity index (χ0v) is 17.2. The van der Waals surface area contributed by atoms with Crippen LogP contribution in [-0.4, -0.2) is 23.3 Å². The van der Waals surface area contributed by atoms with E-state index in [0.717, 1.165) is 40.2 Å².